The smallest absolute Gasteiger partial charge is 0.119 e. The van der Waals surface area contributed by atoms with Crippen molar-refractivity contribution in [3.05, 3.63) is 77.4 Å². The van der Waals surface area contributed by atoms with Crippen molar-refractivity contribution < 1.29 is 4.74 Å². The SMILES string of the molecule is CCCCCC1CCC(c2ccc(C#C/C=C/C3CCC(c4ccc(OCCC)cc4)CC3)cc2)CC1. The second kappa shape index (κ2) is 15.1. The van der Waals surface area contributed by atoms with Crippen LogP contribution in [0.3, 0.4) is 0 Å². The molecule has 1 nitrogen and oxygen atoms in total. The molecule has 198 valence electrons. The Hall–Kier alpha value is -2.46. The van der Waals surface area contributed by atoms with Crippen LogP contribution in [0.2, 0.25) is 0 Å². The van der Waals surface area contributed by atoms with E-state index in [9.17, 15) is 0 Å². The summed E-state index contributed by atoms with van der Waals surface area (Å²) in [5.74, 6) is 10.7. The molecule has 0 amide bonds. The highest BCUT2D eigenvalue weighted by Crippen LogP contribution is 2.38. The van der Waals surface area contributed by atoms with E-state index in [-0.39, 0.29) is 0 Å². The summed E-state index contributed by atoms with van der Waals surface area (Å²) in [7, 11) is 0. The summed E-state index contributed by atoms with van der Waals surface area (Å²) in [6.07, 6.45) is 21.7. The van der Waals surface area contributed by atoms with E-state index in [4.69, 9.17) is 4.74 Å². The number of ether oxygens (including phenoxy) is 1. The minimum atomic E-state index is 0.664. The molecule has 0 N–H and O–H groups in total. The maximum atomic E-state index is 5.73. The maximum Gasteiger partial charge on any atom is 0.119 e. The molecule has 0 unspecified atom stereocenters. The van der Waals surface area contributed by atoms with Crippen LogP contribution in [0, 0.1) is 23.7 Å². The molecule has 0 saturated heterocycles. The first-order valence-electron chi connectivity index (χ1n) is 15.3. The summed E-state index contributed by atoms with van der Waals surface area (Å²) in [5, 5.41) is 0. The standard InChI is InChI=1S/C36H48O/c1-3-5-6-9-29-12-18-32(19-13-29)33-20-14-30(15-21-33)10-7-8-11-31-16-22-34(23-17-31)35-24-26-36(27-25-35)37-28-4-2/h8,11,14-15,20-21,24-27,29,31-32,34H,3-6,9,12-13,16-19,22-23,28H2,1-2H3/b11-8+. The van der Waals surface area contributed by atoms with Crippen molar-refractivity contribution in [1.82, 2.24) is 0 Å². The van der Waals surface area contributed by atoms with Gasteiger partial charge in [-0.3, -0.25) is 0 Å². The maximum absolute atomic E-state index is 5.73. The predicted octanol–water partition coefficient (Wildman–Crippen LogP) is 10.2. The number of hydrogen-bond acceptors (Lipinski definition) is 1. The van der Waals surface area contributed by atoms with Gasteiger partial charge in [0, 0.05) is 5.56 Å². The highest BCUT2D eigenvalue weighted by Gasteiger charge is 2.22. The van der Waals surface area contributed by atoms with Gasteiger partial charge in [-0.15, -0.1) is 0 Å². The van der Waals surface area contributed by atoms with Crippen LogP contribution < -0.4 is 4.74 Å². The molecule has 0 heterocycles. The average molecular weight is 497 g/mol. The number of rotatable bonds is 10. The number of allylic oxidation sites excluding steroid dienone is 2. The number of benzene rings is 2. The van der Waals surface area contributed by atoms with Crippen molar-refractivity contribution in [3.8, 4) is 17.6 Å². The Morgan fingerprint density at radius 1 is 0.730 bits per heavy atom. The molecule has 2 aliphatic rings. The van der Waals surface area contributed by atoms with Crippen molar-refractivity contribution in [3.63, 3.8) is 0 Å². The molecule has 0 radical (unpaired) electrons. The van der Waals surface area contributed by atoms with Gasteiger partial charge in [0.2, 0.25) is 0 Å². The van der Waals surface area contributed by atoms with Gasteiger partial charge in [-0.05, 0) is 123 Å². The molecular weight excluding hydrogens is 448 g/mol. The van der Waals surface area contributed by atoms with Gasteiger partial charge in [-0.25, -0.2) is 0 Å². The van der Waals surface area contributed by atoms with Gasteiger partial charge >= 0.3 is 0 Å². The fourth-order valence-corrected chi connectivity index (χ4v) is 6.32. The van der Waals surface area contributed by atoms with Crippen LogP contribution in [-0.4, -0.2) is 6.61 Å². The molecule has 0 spiro atoms. The first-order chi connectivity index (χ1) is 18.2. The molecule has 1 heteroatoms. The largest absolute Gasteiger partial charge is 0.494 e. The van der Waals surface area contributed by atoms with Crippen molar-refractivity contribution in [2.75, 3.05) is 6.61 Å². The molecule has 2 aliphatic carbocycles. The van der Waals surface area contributed by atoms with Gasteiger partial charge in [0.05, 0.1) is 6.61 Å². The summed E-state index contributed by atoms with van der Waals surface area (Å²) in [6, 6.07) is 17.9. The molecule has 0 aromatic heterocycles. The van der Waals surface area contributed by atoms with Gasteiger partial charge in [0.25, 0.3) is 0 Å². The van der Waals surface area contributed by atoms with Crippen molar-refractivity contribution in [2.45, 2.75) is 109 Å². The molecular formula is C36H48O. The third kappa shape index (κ3) is 8.81. The van der Waals surface area contributed by atoms with Crippen LogP contribution >= 0.6 is 0 Å². The lowest BCUT2D eigenvalue weighted by molar-refractivity contribution is 0.303. The first kappa shape index (κ1) is 27.6. The summed E-state index contributed by atoms with van der Waals surface area (Å²) in [6.45, 7) is 5.24. The van der Waals surface area contributed by atoms with Gasteiger partial charge in [0.1, 0.15) is 5.75 Å². The van der Waals surface area contributed by atoms with E-state index in [0.717, 1.165) is 36.2 Å². The molecule has 2 fully saturated rings. The Morgan fingerprint density at radius 3 is 1.97 bits per heavy atom. The van der Waals surface area contributed by atoms with Crippen LogP contribution in [0.1, 0.15) is 126 Å². The van der Waals surface area contributed by atoms with E-state index < -0.39 is 0 Å². The van der Waals surface area contributed by atoms with Crippen LogP contribution in [0.5, 0.6) is 5.75 Å². The Bertz CT molecular complexity index is 987. The summed E-state index contributed by atoms with van der Waals surface area (Å²) in [4.78, 5) is 0. The predicted molar refractivity (Wildman–Crippen MR) is 158 cm³/mol. The van der Waals surface area contributed by atoms with Crippen molar-refractivity contribution >= 4 is 0 Å². The van der Waals surface area contributed by atoms with Crippen LogP contribution in [-0.2, 0) is 0 Å². The van der Waals surface area contributed by atoms with Gasteiger partial charge in [-0.1, -0.05) is 81.7 Å². The second-order valence-electron chi connectivity index (χ2n) is 11.5. The first-order valence-corrected chi connectivity index (χ1v) is 15.3. The Labute approximate surface area is 227 Å². The highest BCUT2D eigenvalue weighted by atomic mass is 16.5. The van der Waals surface area contributed by atoms with Crippen LogP contribution in [0.15, 0.2) is 60.7 Å². The van der Waals surface area contributed by atoms with Gasteiger partial charge in [0.15, 0.2) is 0 Å². The summed E-state index contributed by atoms with van der Waals surface area (Å²) in [5.41, 5.74) is 4.12. The lowest BCUT2D eigenvalue weighted by atomic mass is 9.77. The Kier molecular flexibility index (Phi) is 11.2. The van der Waals surface area contributed by atoms with E-state index in [1.807, 2.05) is 0 Å². The van der Waals surface area contributed by atoms with Crippen molar-refractivity contribution in [2.24, 2.45) is 11.8 Å². The molecule has 2 aromatic rings. The number of unbranched alkanes of at least 4 members (excludes halogenated alkanes) is 2. The van der Waals surface area contributed by atoms with Gasteiger partial charge in [-0.2, -0.15) is 0 Å². The zero-order valence-corrected chi connectivity index (χ0v) is 23.4. The van der Waals surface area contributed by atoms with Crippen LogP contribution in [0.25, 0.3) is 0 Å². The van der Waals surface area contributed by atoms with E-state index in [1.54, 1.807) is 0 Å². The average Bonchev–Trinajstić information content (AvgIpc) is 2.96. The summed E-state index contributed by atoms with van der Waals surface area (Å²) >= 11 is 0. The minimum absolute atomic E-state index is 0.664. The molecule has 0 bridgehead atoms. The lowest BCUT2D eigenvalue weighted by Gasteiger charge is -2.29. The molecule has 2 saturated carbocycles. The fraction of sp³-hybridized carbons (Fsp3) is 0.556. The normalized spacial score (nSPS) is 23.9. The van der Waals surface area contributed by atoms with Crippen LogP contribution in [0.4, 0.5) is 0 Å². The van der Waals surface area contributed by atoms with Crippen molar-refractivity contribution in [1.29, 1.82) is 0 Å². The second-order valence-corrected chi connectivity index (χ2v) is 11.5. The Balaban J connectivity index is 1.18. The number of hydrogen-bond donors (Lipinski definition) is 0. The minimum Gasteiger partial charge on any atom is -0.494 e. The third-order valence-electron chi connectivity index (χ3n) is 8.71. The molecule has 37 heavy (non-hydrogen) atoms. The van der Waals surface area contributed by atoms with E-state index in [2.05, 4.69) is 86.4 Å². The van der Waals surface area contributed by atoms with Gasteiger partial charge < -0.3 is 4.74 Å². The lowest BCUT2D eigenvalue weighted by Crippen LogP contribution is -2.13. The highest BCUT2D eigenvalue weighted by molar-refractivity contribution is 5.39. The summed E-state index contributed by atoms with van der Waals surface area (Å²) < 4.78 is 5.73. The quantitative estimate of drug-likeness (QED) is 0.235. The van der Waals surface area contributed by atoms with E-state index in [1.165, 1.54) is 88.2 Å². The molecule has 0 aliphatic heterocycles. The van der Waals surface area contributed by atoms with E-state index >= 15 is 0 Å². The topological polar surface area (TPSA) is 9.23 Å². The fourth-order valence-electron chi connectivity index (χ4n) is 6.32. The zero-order chi connectivity index (χ0) is 25.7. The monoisotopic (exact) mass is 496 g/mol. The zero-order valence-electron chi connectivity index (χ0n) is 23.4. The third-order valence-corrected chi connectivity index (χ3v) is 8.71. The molecule has 2 aromatic carbocycles. The van der Waals surface area contributed by atoms with E-state index in [0.29, 0.717) is 11.8 Å². The molecule has 0 atom stereocenters. The Morgan fingerprint density at radius 2 is 1.35 bits per heavy atom. The molecule has 4 rings (SSSR count).